The number of fused-ring (bicyclic) bond motifs is 1. The largest absolute Gasteiger partial charge is 0.486 e. The molecule has 0 bridgehead atoms. The fourth-order valence-electron chi connectivity index (χ4n) is 2.51. The van der Waals surface area contributed by atoms with Gasteiger partial charge >= 0.3 is 0 Å². The van der Waals surface area contributed by atoms with E-state index in [4.69, 9.17) is 9.47 Å². The Morgan fingerprint density at radius 3 is 2.50 bits per heavy atom. The highest BCUT2D eigenvalue weighted by molar-refractivity contribution is 9.10. The lowest BCUT2D eigenvalue weighted by Gasteiger charge is -2.28. The Hall–Kier alpha value is -0.740. The summed E-state index contributed by atoms with van der Waals surface area (Å²) in [6.45, 7) is 1.16. The first kappa shape index (κ1) is 12.3. The summed E-state index contributed by atoms with van der Waals surface area (Å²) in [5, 5.41) is 10.3. The molecule has 0 amide bonds. The molecule has 2 aliphatic rings. The third-order valence-electron chi connectivity index (χ3n) is 3.80. The fourth-order valence-corrected chi connectivity index (χ4v) is 3.09. The molecule has 0 aromatic heterocycles. The lowest BCUT2D eigenvalue weighted by Crippen LogP contribution is -2.17. The monoisotopic (exact) mass is 312 g/mol. The second-order valence-electron chi connectivity index (χ2n) is 5.07. The van der Waals surface area contributed by atoms with Crippen LogP contribution in [0.5, 0.6) is 11.5 Å². The van der Waals surface area contributed by atoms with Crippen molar-refractivity contribution in [2.75, 3.05) is 13.2 Å². The van der Waals surface area contributed by atoms with Gasteiger partial charge in [-0.15, -0.1) is 0 Å². The molecule has 1 saturated carbocycles. The first-order valence-corrected chi connectivity index (χ1v) is 7.30. The fraction of sp³-hybridized carbons (Fsp3) is 0.571. The number of halogens is 1. The highest BCUT2D eigenvalue weighted by atomic mass is 79.9. The van der Waals surface area contributed by atoms with Gasteiger partial charge in [-0.05, 0) is 30.0 Å². The highest BCUT2D eigenvalue weighted by Gasteiger charge is 2.24. The van der Waals surface area contributed by atoms with E-state index in [1.54, 1.807) is 0 Å². The van der Waals surface area contributed by atoms with Gasteiger partial charge in [-0.2, -0.15) is 0 Å². The van der Waals surface area contributed by atoms with Crippen LogP contribution in [-0.4, -0.2) is 18.3 Å². The van der Waals surface area contributed by atoms with Gasteiger partial charge in [0.25, 0.3) is 0 Å². The van der Waals surface area contributed by atoms with Crippen LogP contribution in [0.1, 0.15) is 37.4 Å². The van der Waals surface area contributed by atoms with Crippen molar-refractivity contribution in [2.24, 2.45) is 5.92 Å². The molecule has 1 aliphatic heterocycles. The number of aliphatic hydroxyl groups excluding tert-OH is 1. The number of hydrogen-bond acceptors (Lipinski definition) is 3. The summed E-state index contributed by atoms with van der Waals surface area (Å²) in [6, 6.07) is 3.80. The molecule has 1 aromatic rings. The second-order valence-corrected chi connectivity index (χ2v) is 5.92. The number of rotatable bonds is 3. The number of aliphatic hydroxyl groups is 1. The predicted molar refractivity (Wildman–Crippen MR) is 72.0 cm³/mol. The van der Waals surface area contributed by atoms with Crippen molar-refractivity contribution in [1.29, 1.82) is 0 Å². The van der Waals surface area contributed by atoms with E-state index < -0.39 is 6.10 Å². The van der Waals surface area contributed by atoms with E-state index in [-0.39, 0.29) is 0 Å². The van der Waals surface area contributed by atoms with Gasteiger partial charge in [-0.1, -0.05) is 35.2 Å². The number of benzene rings is 1. The van der Waals surface area contributed by atoms with Crippen LogP contribution in [-0.2, 0) is 0 Å². The van der Waals surface area contributed by atoms with Crippen molar-refractivity contribution < 1.29 is 14.6 Å². The number of hydrogen-bond donors (Lipinski definition) is 1. The summed E-state index contributed by atoms with van der Waals surface area (Å²) < 4.78 is 12.0. The molecular formula is C14H17BrO3. The lowest BCUT2D eigenvalue weighted by atomic mass is 9.80. The molecular weight excluding hydrogens is 296 g/mol. The Bertz CT molecular complexity index is 443. The molecule has 4 heteroatoms. The van der Waals surface area contributed by atoms with Crippen LogP contribution in [0.2, 0.25) is 0 Å². The average Bonchev–Trinajstić information content (AvgIpc) is 2.32. The Morgan fingerprint density at radius 2 is 1.89 bits per heavy atom. The molecule has 1 atom stereocenters. The summed E-state index contributed by atoms with van der Waals surface area (Å²) in [5.74, 6) is 2.18. The normalized spacial score (nSPS) is 20.3. The maximum absolute atomic E-state index is 10.3. The van der Waals surface area contributed by atoms with Crippen molar-refractivity contribution in [2.45, 2.75) is 31.8 Å². The van der Waals surface area contributed by atoms with Crippen LogP contribution in [0.25, 0.3) is 0 Å². The number of ether oxygens (including phenoxy) is 2. The molecule has 3 rings (SSSR count). The van der Waals surface area contributed by atoms with Crippen LogP contribution in [0.4, 0.5) is 0 Å². The molecule has 98 valence electrons. The smallest absolute Gasteiger partial charge is 0.162 e. The lowest BCUT2D eigenvalue weighted by molar-refractivity contribution is 0.116. The second kappa shape index (κ2) is 5.10. The molecule has 1 unspecified atom stereocenters. The molecule has 3 nitrogen and oxygen atoms in total. The maximum Gasteiger partial charge on any atom is 0.162 e. The van der Waals surface area contributed by atoms with Crippen LogP contribution in [0, 0.1) is 5.92 Å². The molecule has 1 heterocycles. The van der Waals surface area contributed by atoms with Gasteiger partial charge in [0.2, 0.25) is 0 Å². The van der Waals surface area contributed by atoms with Crippen LogP contribution in [0.3, 0.4) is 0 Å². The maximum atomic E-state index is 10.3. The van der Waals surface area contributed by atoms with Crippen molar-refractivity contribution in [3.05, 3.63) is 22.2 Å². The zero-order valence-corrected chi connectivity index (χ0v) is 11.8. The first-order chi connectivity index (χ1) is 8.74. The zero-order chi connectivity index (χ0) is 12.5. The summed E-state index contributed by atoms with van der Waals surface area (Å²) in [5.41, 5.74) is 0.908. The molecule has 1 fully saturated rings. The van der Waals surface area contributed by atoms with Crippen molar-refractivity contribution in [3.8, 4) is 11.5 Å². The minimum Gasteiger partial charge on any atom is -0.486 e. The standard InChI is InChI=1S/C14H17BrO3/c15-11-8-14-13(17-4-5-18-14)7-10(11)12(16)6-9-2-1-3-9/h7-9,12,16H,1-6H2. The summed E-state index contributed by atoms with van der Waals surface area (Å²) >= 11 is 3.51. The quantitative estimate of drug-likeness (QED) is 0.929. The van der Waals surface area contributed by atoms with E-state index in [0.717, 1.165) is 28.0 Å². The Kier molecular flexibility index (Phi) is 3.48. The highest BCUT2D eigenvalue weighted by Crippen LogP contribution is 2.41. The molecule has 0 saturated heterocycles. The van der Waals surface area contributed by atoms with Crippen LogP contribution >= 0.6 is 15.9 Å². The SMILES string of the molecule is OC(CC1CCC1)c1cc2c(cc1Br)OCCO2. The van der Waals surface area contributed by atoms with E-state index in [9.17, 15) is 5.11 Å². The van der Waals surface area contributed by atoms with E-state index in [0.29, 0.717) is 19.1 Å². The van der Waals surface area contributed by atoms with Gasteiger partial charge in [0, 0.05) is 4.47 Å². The molecule has 0 spiro atoms. The minimum atomic E-state index is -0.416. The Labute approximate surface area is 115 Å². The van der Waals surface area contributed by atoms with Gasteiger partial charge < -0.3 is 14.6 Å². The molecule has 18 heavy (non-hydrogen) atoms. The molecule has 1 aliphatic carbocycles. The van der Waals surface area contributed by atoms with Crippen molar-refractivity contribution in [1.82, 2.24) is 0 Å². The first-order valence-electron chi connectivity index (χ1n) is 6.51. The van der Waals surface area contributed by atoms with Gasteiger partial charge in [0.05, 0.1) is 6.10 Å². The van der Waals surface area contributed by atoms with E-state index in [1.807, 2.05) is 12.1 Å². The Balaban J connectivity index is 1.81. The zero-order valence-electron chi connectivity index (χ0n) is 10.2. The van der Waals surface area contributed by atoms with Crippen LogP contribution in [0.15, 0.2) is 16.6 Å². The summed E-state index contributed by atoms with van der Waals surface area (Å²) in [6.07, 6.45) is 4.23. The van der Waals surface area contributed by atoms with Gasteiger partial charge in [-0.3, -0.25) is 0 Å². The van der Waals surface area contributed by atoms with Crippen molar-refractivity contribution >= 4 is 15.9 Å². The Morgan fingerprint density at radius 1 is 1.22 bits per heavy atom. The third kappa shape index (κ3) is 2.36. The molecule has 1 N–H and O–H groups in total. The van der Waals surface area contributed by atoms with E-state index in [1.165, 1.54) is 19.3 Å². The van der Waals surface area contributed by atoms with Gasteiger partial charge in [-0.25, -0.2) is 0 Å². The predicted octanol–water partition coefficient (Wildman–Crippen LogP) is 3.44. The summed E-state index contributed by atoms with van der Waals surface area (Å²) in [4.78, 5) is 0. The van der Waals surface area contributed by atoms with Gasteiger partial charge in [0.1, 0.15) is 13.2 Å². The van der Waals surface area contributed by atoms with E-state index >= 15 is 0 Å². The van der Waals surface area contributed by atoms with Crippen molar-refractivity contribution in [3.63, 3.8) is 0 Å². The minimum absolute atomic E-state index is 0.416. The van der Waals surface area contributed by atoms with Crippen LogP contribution < -0.4 is 9.47 Å². The molecule has 0 radical (unpaired) electrons. The average molecular weight is 313 g/mol. The van der Waals surface area contributed by atoms with Gasteiger partial charge in [0.15, 0.2) is 11.5 Å². The topological polar surface area (TPSA) is 38.7 Å². The van der Waals surface area contributed by atoms with E-state index in [2.05, 4.69) is 15.9 Å². The summed E-state index contributed by atoms with van der Waals surface area (Å²) in [7, 11) is 0. The molecule has 1 aromatic carbocycles. The third-order valence-corrected chi connectivity index (χ3v) is 4.49.